The van der Waals surface area contributed by atoms with Crippen molar-refractivity contribution in [1.29, 1.82) is 0 Å². The van der Waals surface area contributed by atoms with E-state index in [0.29, 0.717) is 29.8 Å². The highest BCUT2D eigenvalue weighted by molar-refractivity contribution is 6.32. The Bertz CT molecular complexity index is 1070. The third kappa shape index (κ3) is 4.95. The molecule has 1 aliphatic heterocycles. The largest absolute Gasteiger partial charge is 0.493 e. The number of nitro groups is 1. The molecule has 0 saturated carbocycles. The molecular formula is C21H20ClN3O6. The predicted molar refractivity (Wildman–Crippen MR) is 114 cm³/mol. The molecule has 0 bridgehead atoms. The Labute approximate surface area is 183 Å². The van der Waals surface area contributed by atoms with Gasteiger partial charge >= 0.3 is 6.03 Å². The molecule has 2 aromatic rings. The molecule has 10 heteroatoms. The van der Waals surface area contributed by atoms with Crippen LogP contribution in [-0.2, 0) is 11.4 Å². The van der Waals surface area contributed by atoms with Crippen LogP contribution in [0.5, 0.6) is 11.5 Å². The minimum atomic E-state index is -0.482. The summed E-state index contributed by atoms with van der Waals surface area (Å²) >= 11 is 6.37. The van der Waals surface area contributed by atoms with Gasteiger partial charge in [0.1, 0.15) is 12.3 Å². The zero-order valence-electron chi connectivity index (χ0n) is 16.9. The number of non-ortho nitro benzene ring substituents is 1. The standard InChI is InChI=1S/C21H20ClN3O6/c1-3-7-24-20(26)17(23-21(24)27)10-14-9-16(22)19(18(11-14)30-2)31-12-13-5-4-6-15(8-13)25(28)29/h4-6,8-11H,3,7,12H2,1-2H3,(H,23,27)/b17-10+. The molecule has 0 unspecified atom stereocenters. The minimum Gasteiger partial charge on any atom is -0.493 e. The minimum absolute atomic E-state index is 0.0403. The summed E-state index contributed by atoms with van der Waals surface area (Å²) in [5.74, 6) is 0.159. The summed E-state index contributed by atoms with van der Waals surface area (Å²) in [7, 11) is 1.44. The van der Waals surface area contributed by atoms with Crippen molar-refractivity contribution in [1.82, 2.24) is 10.2 Å². The number of carbonyl (C=O) groups is 2. The fourth-order valence-corrected chi connectivity index (χ4v) is 3.32. The number of imide groups is 1. The van der Waals surface area contributed by atoms with Gasteiger partial charge in [-0.2, -0.15) is 0 Å². The highest BCUT2D eigenvalue weighted by atomic mass is 35.5. The topological polar surface area (TPSA) is 111 Å². The van der Waals surface area contributed by atoms with Gasteiger partial charge in [-0.3, -0.25) is 19.8 Å². The van der Waals surface area contributed by atoms with Gasteiger partial charge in [-0.1, -0.05) is 30.7 Å². The van der Waals surface area contributed by atoms with E-state index in [2.05, 4.69) is 5.32 Å². The van der Waals surface area contributed by atoms with Crippen molar-refractivity contribution in [2.45, 2.75) is 20.0 Å². The van der Waals surface area contributed by atoms with E-state index in [0.717, 1.165) is 4.90 Å². The van der Waals surface area contributed by atoms with Crippen LogP contribution in [0.2, 0.25) is 5.02 Å². The zero-order valence-corrected chi connectivity index (χ0v) is 17.6. The number of rotatable bonds is 8. The van der Waals surface area contributed by atoms with Gasteiger partial charge in [0, 0.05) is 18.7 Å². The Morgan fingerprint density at radius 1 is 1.26 bits per heavy atom. The second-order valence-corrected chi connectivity index (χ2v) is 7.10. The molecule has 0 atom stereocenters. The van der Waals surface area contributed by atoms with Crippen molar-refractivity contribution >= 4 is 35.3 Å². The van der Waals surface area contributed by atoms with E-state index in [1.807, 2.05) is 6.92 Å². The Balaban J connectivity index is 1.82. The summed E-state index contributed by atoms with van der Waals surface area (Å²) in [5, 5.41) is 13.7. The third-order valence-corrected chi connectivity index (χ3v) is 4.76. The van der Waals surface area contributed by atoms with Crippen LogP contribution in [0.3, 0.4) is 0 Å². The number of hydrogen-bond donors (Lipinski definition) is 1. The summed E-state index contributed by atoms with van der Waals surface area (Å²) in [4.78, 5) is 35.9. The number of ether oxygens (including phenoxy) is 2. The number of nitro benzene ring substituents is 1. The Kier molecular flexibility index (Phi) is 6.76. The predicted octanol–water partition coefficient (Wildman–Crippen LogP) is 4.14. The number of halogens is 1. The van der Waals surface area contributed by atoms with Gasteiger partial charge in [-0.25, -0.2) is 4.79 Å². The molecule has 1 saturated heterocycles. The normalized spacial score (nSPS) is 14.7. The molecule has 1 aliphatic rings. The van der Waals surface area contributed by atoms with Gasteiger partial charge < -0.3 is 14.8 Å². The molecule has 2 aromatic carbocycles. The molecule has 0 aliphatic carbocycles. The van der Waals surface area contributed by atoms with E-state index < -0.39 is 16.9 Å². The maximum atomic E-state index is 12.4. The lowest BCUT2D eigenvalue weighted by molar-refractivity contribution is -0.384. The average Bonchev–Trinajstić information content (AvgIpc) is 3.00. The highest BCUT2D eigenvalue weighted by Crippen LogP contribution is 2.37. The second kappa shape index (κ2) is 9.48. The number of urea groups is 1. The molecule has 1 fully saturated rings. The molecule has 0 spiro atoms. The van der Waals surface area contributed by atoms with Crippen molar-refractivity contribution < 1.29 is 24.0 Å². The van der Waals surface area contributed by atoms with Crippen molar-refractivity contribution in [3.8, 4) is 11.5 Å². The molecule has 1 heterocycles. The second-order valence-electron chi connectivity index (χ2n) is 6.69. The summed E-state index contributed by atoms with van der Waals surface area (Å²) < 4.78 is 11.1. The smallest absolute Gasteiger partial charge is 0.329 e. The maximum absolute atomic E-state index is 12.4. The van der Waals surface area contributed by atoms with E-state index in [-0.39, 0.29) is 28.8 Å². The van der Waals surface area contributed by atoms with E-state index >= 15 is 0 Å². The van der Waals surface area contributed by atoms with E-state index in [1.165, 1.54) is 25.3 Å². The first-order valence-corrected chi connectivity index (χ1v) is 9.80. The number of methoxy groups -OCH3 is 1. The molecule has 3 rings (SSSR count). The number of hydrogen-bond acceptors (Lipinski definition) is 6. The van der Waals surface area contributed by atoms with Gasteiger partial charge in [0.25, 0.3) is 11.6 Å². The zero-order chi connectivity index (χ0) is 22.5. The molecule has 3 amide bonds. The Morgan fingerprint density at radius 3 is 2.71 bits per heavy atom. The molecule has 31 heavy (non-hydrogen) atoms. The van der Waals surface area contributed by atoms with Crippen LogP contribution >= 0.6 is 11.6 Å². The van der Waals surface area contributed by atoms with Crippen LogP contribution in [0.15, 0.2) is 42.1 Å². The van der Waals surface area contributed by atoms with Crippen molar-refractivity contribution in [3.63, 3.8) is 0 Å². The van der Waals surface area contributed by atoms with Gasteiger partial charge in [-0.05, 0) is 35.8 Å². The lowest BCUT2D eigenvalue weighted by Crippen LogP contribution is -2.31. The van der Waals surface area contributed by atoms with Gasteiger partial charge in [0.15, 0.2) is 11.5 Å². The fraction of sp³-hybridized carbons (Fsp3) is 0.238. The third-order valence-electron chi connectivity index (χ3n) is 4.48. The van der Waals surface area contributed by atoms with Crippen molar-refractivity contribution in [2.75, 3.05) is 13.7 Å². The number of carbonyl (C=O) groups excluding carboxylic acids is 2. The van der Waals surface area contributed by atoms with Crippen LogP contribution in [0.4, 0.5) is 10.5 Å². The summed E-state index contributed by atoms with van der Waals surface area (Å²) in [6, 6.07) is 8.79. The lowest BCUT2D eigenvalue weighted by Gasteiger charge is -2.13. The molecule has 1 N–H and O–H groups in total. The highest BCUT2D eigenvalue weighted by Gasteiger charge is 2.32. The summed E-state index contributed by atoms with van der Waals surface area (Å²) in [6.07, 6.45) is 2.16. The maximum Gasteiger partial charge on any atom is 0.329 e. The van der Waals surface area contributed by atoms with Gasteiger partial charge in [0.05, 0.1) is 17.1 Å². The van der Waals surface area contributed by atoms with Crippen molar-refractivity contribution in [3.05, 3.63) is 68.4 Å². The first kappa shape index (κ1) is 22.1. The van der Waals surface area contributed by atoms with Gasteiger partial charge in [0.2, 0.25) is 0 Å². The number of benzene rings is 2. The molecule has 0 aromatic heterocycles. The van der Waals surface area contributed by atoms with E-state index in [1.54, 1.807) is 24.3 Å². The fourth-order valence-electron chi connectivity index (χ4n) is 3.04. The molecule has 0 radical (unpaired) electrons. The number of nitrogens with zero attached hydrogens (tertiary/aromatic N) is 2. The van der Waals surface area contributed by atoms with Crippen LogP contribution in [-0.4, -0.2) is 35.4 Å². The monoisotopic (exact) mass is 445 g/mol. The summed E-state index contributed by atoms with van der Waals surface area (Å²) in [6.45, 7) is 2.24. The Hall–Kier alpha value is -3.59. The summed E-state index contributed by atoms with van der Waals surface area (Å²) in [5.41, 5.74) is 1.23. The Morgan fingerprint density at radius 2 is 2.03 bits per heavy atom. The van der Waals surface area contributed by atoms with E-state index in [4.69, 9.17) is 21.1 Å². The molecule has 9 nitrogen and oxygen atoms in total. The number of nitrogens with one attached hydrogen (secondary N) is 1. The average molecular weight is 446 g/mol. The molecule has 162 valence electrons. The van der Waals surface area contributed by atoms with Gasteiger partial charge in [-0.15, -0.1) is 0 Å². The SMILES string of the molecule is CCCN1C(=O)N/C(=C/c2cc(Cl)c(OCc3cccc([N+](=O)[O-])c3)c(OC)c2)C1=O. The van der Waals surface area contributed by atoms with Crippen LogP contribution in [0, 0.1) is 10.1 Å². The van der Waals surface area contributed by atoms with Crippen LogP contribution in [0.1, 0.15) is 24.5 Å². The van der Waals surface area contributed by atoms with Crippen LogP contribution < -0.4 is 14.8 Å². The lowest BCUT2D eigenvalue weighted by atomic mass is 10.1. The number of amides is 3. The van der Waals surface area contributed by atoms with Crippen LogP contribution in [0.25, 0.3) is 6.08 Å². The van der Waals surface area contributed by atoms with Crippen molar-refractivity contribution in [2.24, 2.45) is 0 Å². The first-order valence-electron chi connectivity index (χ1n) is 9.42. The van der Waals surface area contributed by atoms with E-state index in [9.17, 15) is 19.7 Å². The molecular weight excluding hydrogens is 426 g/mol. The quantitative estimate of drug-likeness (QED) is 0.283. The first-order chi connectivity index (χ1) is 14.8.